The second kappa shape index (κ2) is 8.22. The fourth-order valence-corrected chi connectivity index (χ4v) is 2.13. The van der Waals surface area contributed by atoms with E-state index in [2.05, 4.69) is 12.2 Å². The first-order valence-corrected chi connectivity index (χ1v) is 7.92. The molecule has 1 amide bonds. The molecule has 2 aromatic carbocycles. The molecular formula is C19H24N2O2. The molecule has 0 aliphatic heterocycles. The number of nitrogens with zero attached hydrogens (tertiary/aromatic N) is 1. The lowest BCUT2D eigenvalue weighted by Gasteiger charge is -2.14. The molecule has 0 saturated carbocycles. The lowest BCUT2D eigenvalue weighted by Crippen LogP contribution is -2.14. The van der Waals surface area contributed by atoms with Gasteiger partial charge in [0.1, 0.15) is 5.75 Å². The van der Waals surface area contributed by atoms with E-state index in [1.807, 2.05) is 67.5 Å². The van der Waals surface area contributed by atoms with Crippen molar-refractivity contribution in [3.63, 3.8) is 0 Å². The minimum atomic E-state index is -0.137. The largest absolute Gasteiger partial charge is 0.491 e. The topological polar surface area (TPSA) is 41.6 Å². The van der Waals surface area contributed by atoms with Gasteiger partial charge < -0.3 is 15.0 Å². The van der Waals surface area contributed by atoms with Gasteiger partial charge in [0, 0.05) is 25.3 Å². The molecule has 2 rings (SSSR count). The number of anilines is 2. The van der Waals surface area contributed by atoms with E-state index in [0.29, 0.717) is 23.6 Å². The smallest absolute Gasteiger partial charge is 0.255 e. The molecule has 0 aliphatic rings. The predicted octanol–water partition coefficient (Wildman–Crippen LogP) is 4.18. The second-order valence-electron chi connectivity index (χ2n) is 5.59. The molecule has 2 aromatic rings. The van der Waals surface area contributed by atoms with Crippen molar-refractivity contribution in [3.8, 4) is 5.75 Å². The highest BCUT2D eigenvalue weighted by Crippen LogP contribution is 2.25. The Morgan fingerprint density at radius 1 is 1.09 bits per heavy atom. The Kier molecular flexibility index (Phi) is 6.03. The van der Waals surface area contributed by atoms with Crippen molar-refractivity contribution in [3.05, 3.63) is 54.1 Å². The van der Waals surface area contributed by atoms with Gasteiger partial charge in [-0.15, -0.1) is 0 Å². The Morgan fingerprint density at radius 3 is 2.43 bits per heavy atom. The Labute approximate surface area is 138 Å². The van der Waals surface area contributed by atoms with Gasteiger partial charge in [-0.05, 0) is 42.8 Å². The number of carbonyl (C=O) groups excluding carboxylic acids is 1. The highest BCUT2D eigenvalue weighted by atomic mass is 16.5. The molecular weight excluding hydrogens is 288 g/mol. The summed E-state index contributed by atoms with van der Waals surface area (Å²) in [5, 5.41) is 2.92. The maximum absolute atomic E-state index is 12.4. The maximum atomic E-state index is 12.4. The Balaban J connectivity index is 2.07. The monoisotopic (exact) mass is 312 g/mol. The molecule has 4 nitrogen and oxygen atoms in total. The van der Waals surface area contributed by atoms with Gasteiger partial charge in [-0.25, -0.2) is 0 Å². The summed E-state index contributed by atoms with van der Waals surface area (Å²) in [6.07, 6.45) is 2.07. The van der Waals surface area contributed by atoms with Crippen LogP contribution in [-0.4, -0.2) is 26.6 Å². The summed E-state index contributed by atoms with van der Waals surface area (Å²) in [5.74, 6) is 0.570. The van der Waals surface area contributed by atoms with Crippen molar-refractivity contribution < 1.29 is 9.53 Å². The Bertz CT molecular complexity index is 636. The van der Waals surface area contributed by atoms with E-state index in [1.165, 1.54) is 0 Å². The van der Waals surface area contributed by atoms with Gasteiger partial charge in [-0.2, -0.15) is 0 Å². The zero-order valence-electron chi connectivity index (χ0n) is 14.0. The normalized spacial score (nSPS) is 10.2. The minimum absolute atomic E-state index is 0.137. The lowest BCUT2D eigenvalue weighted by atomic mass is 10.2. The van der Waals surface area contributed by atoms with Crippen molar-refractivity contribution >= 4 is 17.3 Å². The number of hydrogen-bond acceptors (Lipinski definition) is 3. The third-order valence-electron chi connectivity index (χ3n) is 3.54. The Hall–Kier alpha value is -2.49. The summed E-state index contributed by atoms with van der Waals surface area (Å²) in [6.45, 7) is 2.77. The van der Waals surface area contributed by atoms with Gasteiger partial charge in [0.25, 0.3) is 5.91 Å². The van der Waals surface area contributed by atoms with Crippen LogP contribution in [0.4, 0.5) is 11.4 Å². The first-order valence-electron chi connectivity index (χ1n) is 7.92. The van der Waals surface area contributed by atoms with Gasteiger partial charge in [-0.3, -0.25) is 4.79 Å². The molecule has 0 aromatic heterocycles. The maximum Gasteiger partial charge on any atom is 0.255 e. The summed E-state index contributed by atoms with van der Waals surface area (Å²) in [6, 6.07) is 15.0. The van der Waals surface area contributed by atoms with Gasteiger partial charge >= 0.3 is 0 Å². The summed E-state index contributed by atoms with van der Waals surface area (Å²) < 4.78 is 5.74. The molecule has 0 aliphatic carbocycles. The van der Waals surface area contributed by atoms with Crippen LogP contribution in [0.15, 0.2) is 48.5 Å². The molecule has 0 radical (unpaired) electrons. The second-order valence-corrected chi connectivity index (χ2v) is 5.59. The van der Waals surface area contributed by atoms with Crippen LogP contribution in [-0.2, 0) is 0 Å². The molecule has 0 bridgehead atoms. The van der Waals surface area contributed by atoms with E-state index in [4.69, 9.17) is 4.74 Å². The number of benzene rings is 2. The summed E-state index contributed by atoms with van der Waals surface area (Å²) >= 11 is 0. The van der Waals surface area contributed by atoms with E-state index in [1.54, 1.807) is 0 Å². The highest BCUT2D eigenvalue weighted by molar-refractivity contribution is 6.05. The average molecular weight is 312 g/mol. The van der Waals surface area contributed by atoms with Crippen LogP contribution in [0.3, 0.4) is 0 Å². The minimum Gasteiger partial charge on any atom is -0.491 e. The summed E-state index contributed by atoms with van der Waals surface area (Å²) in [7, 11) is 3.94. The molecule has 0 fully saturated rings. The van der Waals surface area contributed by atoms with Crippen molar-refractivity contribution in [2.24, 2.45) is 0 Å². The fraction of sp³-hybridized carbons (Fsp3) is 0.316. The van der Waals surface area contributed by atoms with Crippen LogP contribution in [0.1, 0.15) is 30.1 Å². The van der Waals surface area contributed by atoms with Gasteiger partial charge in [0.2, 0.25) is 0 Å². The van der Waals surface area contributed by atoms with E-state index < -0.39 is 0 Å². The number of para-hydroxylation sites is 2. The van der Waals surface area contributed by atoms with Crippen LogP contribution in [0, 0.1) is 0 Å². The lowest BCUT2D eigenvalue weighted by molar-refractivity contribution is 0.102. The quantitative estimate of drug-likeness (QED) is 0.780. The Morgan fingerprint density at radius 2 is 1.78 bits per heavy atom. The molecule has 23 heavy (non-hydrogen) atoms. The van der Waals surface area contributed by atoms with E-state index in [-0.39, 0.29) is 5.91 Å². The first-order chi connectivity index (χ1) is 11.1. The van der Waals surface area contributed by atoms with Crippen LogP contribution >= 0.6 is 0 Å². The standard InChI is InChI=1S/C19H24N2O2/c1-4-5-14-23-18-9-7-6-8-17(18)20-19(22)15-10-12-16(13-11-15)21(2)3/h6-13H,4-5,14H2,1-3H3,(H,20,22). The molecule has 122 valence electrons. The number of rotatable bonds is 7. The molecule has 0 unspecified atom stereocenters. The van der Waals surface area contributed by atoms with Crippen molar-refractivity contribution in [1.29, 1.82) is 0 Å². The number of nitrogens with one attached hydrogen (secondary N) is 1. The zero-order valence-corrected chi connectivity index (χ0v) is 14.0. The number of ether oxygens (including phenoxy) is 1. The summed E-state index contributed by atoms with van der Waals surface area (Å²) in [5.41, 5.74) is 2.38. The van der Waals surface area contributed by atoms with Crippen LogP contribution in [0.25, 0.3) is 0 Å². The molecule has 1 N–H and O–H groups in total. The van der Waals surface area contributed by atoms with E-state index in [9.17, 15) is 4.79 Å². The number of amides is 1. The molecule has 0 heterocycles. The third kappa shape index (κ3) is 4.74. The third-order valence-corrected chi connectivity index (χ3v) is 3.54. The molecule has 0 spiro atoms. The molecule has 4 heteroatoms. The average Bonchev–Trinajstić information content (AvgIpc) is 2.56. The number of unbranched alkanes of at least 4 members (excludes halogenated alkanes) is 1. The first kappa shape index (κ1) is 16.9. The molecule has 0 atom stereocenters. The van der Waals surface area contributed by atoms with E-state index in [0.717, 1.165) is 18.5 Å². The number of hydrogen-bond donors (Lipinski definition) is 1. The van der Waals surface area contributed by atoms with Gasteiger partial charge in [-0.1, -0.05) is 25.5 Å². The molecule has 0 saturated heterocycles. The zero-order chi connectivity index (χ0) is 16.7. The van der Waals surface area contributed by atoms with Crippen molar-refractivity contribution in [2.75, 3.05) is 30.9 Å². The van der Waals surface area contributed by atoms with Crippen LogP contribution in [0.2, 0.25) is 0 Å². The van der Waals surface area contributed by atoms with Crippen molar-refractivity contribution in [2.45, 2.75) is 19.8 Å². The van der Waals surface area contributed by atoms with Crippen LogP contribution in [0.5, 0.6) is 5.75 Å². The summed E-state index contributed by atoms with van der Waals surface area (Å²) in [4.78, 5) is 14.4. The fourth-order valence-electron chi connectivity index (χ4n) is 2.13. The van der Waals surface area contributed by atoms with E-state index >= 15 is 0 Å². The van der Waals surface area contributed by atoms with Crippen molar-refractivity contribution in [1.82, 2.24) is 0 Å². The number of carbonyl (C=O) groups is 1. The highest BCUT2D eigenvalue weighted by Gasteiger charge is 2.10. The predicted molar refractivity (Wildman–Crippen MR) is 95.6 cm³/mol. The van der Waals surface area contributed by atoms with Gasteiger partial charge in [0.05, 0.1) is 12.3 Å². The van der Waals surface area contributed by atoms with Crippen LogP contribution < -0.4 is 15.0 Å². The SMILES string of the molecule is CCCCOc1ccccc1NC(=O)c1ccc(N(C)C)cc1. The van der Waals surface area contributed by atoms with Gasteiger partial charge in [0.15, 0.2) is 0 Å².